The van der Waals surface area contributed by atoms with E-state index in [9.17, 15) is 17.2 Å². The third kappa shape index (κ3) is 3.50. The van der Waals surface area contributed by atoms with Gasteiger partial charge < -0.3 is 4.90 Å². The van der Waals surface area contributed by atoms with Crippen molar-refractivity contribution in [3.8, 4) is 0 Å². The van der Waals surface area contributed by atoms with Crippen LogP contribution >= 0.6 is 0 Å². The van der Waals surface area contributed by atoms with Crippen molar-refractivity contribution in [1.82, 2.24) is 9.03 Å². The van der Waals surface area contributed by atoms with Crippen LogP contribution in [0.3, 0.4) is 0 Å². The van der Waals surface area contributed by atoms with Crippen molar-refractivity contribution in [3.63, 3.8) is 0 Å². The minimum atomic E-state index is -3.51. The van der Waals surface area contributed by atoms with Gasteiger partial charge >= 0.3 is 0 Å². The summed E-state index contributed by atoms with van der Waals surface area (Å²) in [6.07, 6.45) is 0.567. The third-order valence-corrected chi connectivity index (χ3v) is 5.39. The van der Waals surface area contributed by atoms with Gasteiger partial charge in [0, 0.05) is 38.8 Å². The van der Waals surface area contributed by atoms with Gasteiger partial charge in [-0.15, -0.1) is 0 Å². The molecule has 0 aliphatic carbocycles. The first-order valence-electron chi connectivity index (χ1n) is 6.75. The molecule has 1 fully saturated rings. The molecule has 0 spiro atoms. The van der Waals surface area contributed by atoms with Gasteiger partial charge in [-0.3, -0.25) is 0 Å². The summed E-state index contributed by atoms with van der Waals surface area (Å²) in [6, 6.07) is 3.24. The van der Waals surface area contributed by atoms with Crippen LogP contribution in [0.25, 0.3) is 0 Å². The minimum absolute atomic E-state index is 0.184. The molecule has 1 N–H and O–H groups in total. The van der Waals surface area contributed by atoms with Crippen LogP contribution in [0.2, 0.25) is 0 Å². The zero-order valence-corrected chi connectivity index (χ0v) is 12.8. The van der Waals surface area contributed by atoms with E-state index < -0.39 is 21.8 Å². The zero-order valence-electron chi connectivity index (χ0n) is 12.0. The normalized spacial score (nSPS) is 21.3. The Morgan fingerprint density at radius 1 is 1.24 bits per heavy atom. The van der Waals surface area contributed by atoms with E-state index in [1.807, 2.05) is 6.92 Å². The van der Waals surface area contributed by atoms with Crippen molar-refractivity contribution in [1.29, 1.82) is 0 Å². The van der Waals surface area contributed by atoms with Crippen LogP contribution in [0.5, 0.6) is 0 Å². The SMILES string of the molecule is CNS(=O)(=O)N1CCN(c2ccc(F)cc2F)CCC1C. The molecule has 0 saturated carbocycles. The number of halogens is 2. The van der Waals surface area contributed by atoms with Crippen LogP contribution in [0.1, 0.15) is 13.3 Å². The third-order valence-electron chi connectivity index (χ3n) is 3.72. The predicted octanol–water partition coefficient (Wildman–Crippen LogP) is 1.33. The van der Waals surface area contributed by atoms with Gasteiger partial charge in [-0.05, 0) is 25.5 Å². The molecule has 0 aromatic heterocycles. The molecule has 0 radical (unpaired) electrons. The summed E-state index contributed by atoms with van der Waals surface area (Å²) in [5, 5.41) is 0. The van der Waals surface area contributed by atoms with Crippen molar-refractivity contribution < 1.29 is 17.2 Å². The molecule has 1 saturated heterocycles. The number of benzene rings is 1. The first-order chi connectivity index (χ1) is 9.85. The van der Waals surface area contributed by atoms with Gasteiger partial charge in [-0.2, -0.15) is 12.7 Å². The standard InChI is InChI=1S/C13H19F2N3O2S/c1-10-5-6-17(7-8-18(10)21(19,20)16-2)13-4-3-11(14)9-12(13)15/h3-4,9-10,16H,5-8H2,1-2H3. The van der Waals surface area contributed by atoms with Crippen molar-refractivity contribution >= 4 is 15.9 Å². The summed E-state index contributed by atoms with van der Waals surface area (Å²) in [7, 11) is -2.15. The summed E-state index contributed by atoms with van der Waals surface area (Å²) >= 11 is 0. The van der Waals surface area contributed by atoms with Crippen molar-refractivity contribution in [2.24, 2.45) is 0 Å². The van der Waals surface area contributed by atoms with Crippen molar-refractivity contribution in [2.75, 3.05) is 31.6 Å². The Kier molecular flexibility index (Phi) is 4.80. The Balaban J connectivity index is 2.20. The predicted molar refractivity (Wildman–Crippen MR) is 77.3 cm³/mol. The molecule has 8 heteroatoms. The number of nitrogens with zero attached hydrogens (tertiary/aromatic N) is 2. The first-order valence-corrected chi connectivity index (χ1v) is 8.19. The molecule has 1 aliphatic heterocycles. The van der Waals surface area contributed by atoms with E-state index in [1.165, 1.54) is 23.5 Å². The van der Waals surface area contributed by atoms with Crippen molar-refractivity contribution in [3.05, 3.63) is 29.8 Å². The maximum atomic E-state index is 13.8. The number of hydrogen-bond donors (Lipinski definition) is 1. The molecule has 1 atom stereocenters. The zero-order chi connectivity index (χ0) is 15.6. The molecule has 0 amide bonds. The highest BCUT2D eigenvalue weighted by molar-refractivity contribution is 7.87. The lowest BCUT2D eigenvalue weighted by Crippen LogP contribution is -2.45. The van der Waals surface area contributed by atoms with Crippen LogP contribution in [0, 0.1) is 11.6 Å². The Morgan fingerprint density at radius 2 is 1.95 bits per heavy atom. The van der Waals surface area contributed by atoms with E-state index >= 15 is 0 Å². The lowest BCUT2D eigenvalue weighted by atomic mass is 10.2. The van der Waals surface area contributed by atoms with Gasteiger partial charge in [0.2, 0.25) is 0 Å². The van der Waals surface area contributed by atoms with E-state index in [0.29, 0.717) is 25.2 Å². The summed E-state index contributed by atoms with van der Waals surface area (Å²) < 4.78 is 54.4. The van der Waals surface area contributed by atoms with Gasteiger partial charge in [0.05, 0.1) is 5.69 Å². The summed E-state index contributed by atoms with van der Waals surface area (Å²) in [5.41, 5.74) is 0.298. The molecule has 1 unspecified atom stereocenters. The van der Waals surface area contributed by atoms with E-state index in [2.05, 4.69) is 4.72 Å². The van der Waals surface area contributed by atoms with E-state index in [4.69, 9.17) is 0 Å². The van der Waals surface area contributed by atoms with Crippen LogP contribution in [-0.2, 0) is 10.2 Å². The second-order valence-electron chi connectivity index (χ2n) is 5.04. The number of nitrogens with one attached hydrogen (secondary N) is 1. The average Bonchev–Trinajstić information content (AvgIpc) is 2.61. The second kappa shape index (κ2) is 6.25. The van der Waals surface area contributed by atoms with Gasteiger partial charge in [0.25, 0.3) is 10.2 Å². The molecule has 2 rings (SSSR count). The fourth-order valence-corrected chi connectivity index (χ4v) is 3.63. The summed E-state index contributed by atoms with van der Waals surface area (Å²) in [5.74, 6) is -1.26. The van der Waals surface area contributed by atoms with E-state index in [-0.39, 0.29) is 12.6 Å². The second-order valence-corrected chi connectivity index (χ2v) is 6.87. The maximum Gasteiger partial charge on any atom is 0.279 e. The molecule has 1 heterocycles. The van der Waals surface area contributed by atoms with Gasteiger partial charge in [0.15, 0.2) is 0 Å². The molecule has 1 aromatic rings. The topological polar surface area (TPSA) is 52.7 Å². The quantitative estimate of drug-likeness (QED) is 0.914. The van der Waals surface area contributed by atoms with Crippen molar-refractivity contribution in [2.45, 2.75) is 19.4 Å². The number of rotatable bonds is 3. The molecular weight excluding hydrogens is 300 g/mol. The minimum Gasteiger partial charge on any atom is -0.368 e. The Morgan fingerprint density at radius 3 is 2.57 bits per heavy atom. The van der Waals surface area contributed by atoms with E-state index in [0.717, 1.165) is 6.07 Å². The smallest absolute Gasteiger partial charge is 0.279 e. The van der Waals surface area contributed by atoms with Crippen LogP contribution in [0.15, 0.2) is 18.2 Å². The van der Waals surface area contributed by atoms with Gasteiger partial charge in [-0.1, -0.05) is 0 Å². The summed E-state index contributed by atoms with van der Waals surface area (Å²) in [6.45, 7) is 2.94. The number of hydrogen-bond acceptors (Lipinski definition) is 3. The van der Waals surface area contributed by atoms with E-state index in [1.54, 1.807) is 4.90 Å². The fraction of sp³-hybridized carbons (Fsp3) is 0.538. The Hall–Kier alpha value is -1.25. The molecule has 118 valence electrons. The van der Waals surface area contributed by atoms with Crippen LogP contribution in [0.4, 0.5) is 14.5 Å². The molecule has 0 bridgehead atoms. The molecular formula is C13H19F2N3O2S. The summed E-state index contributed by atoms with van der Waals surface area (Å²) in [4.78, 5) is 1.75. The highest BCUT2D eigenvalue weighted by Gasteiger charge is 2.29. The highest BCUT2D eigenvalue weighted by Crippen LogP contribution is 2.23. The van der Waals surface area contributed by atoms with Crippen LogP contribution < -0.4 is 9.62 Å². The average molecular weight is 319 g/mol. The lowest BCUT2D eigenvalue weighted by molar-refractivity contribution is 0.346. The first kappa shape index (κ1) is 16.1. The van der Waals surface area contributed by atoms with Crippen LogP contribution in [-0.4, -0.2) is 45.4 Å². The maximum absolute atomic E-state index is 13.8. The van der Waals surface area contributed by atoms with Gasteiger partial charge in [0.1, 0.15) is 11.6 Å². The lowest BCUT2D eigenvalue weighted by Gasteiger charge is -2.25. The molecule has 21 heavy (non-hydrogen) atoms. The molecule has 1 aliphatic rings. The number of anilines is 1. The Bertz CT molecular complexity index is 609. The fourth-order valence-electron chi connectivity index (χ4n) is 2.49. The Labute approximate surface area is 123 Å². The van der Waals surface area contributed by atoms with Gasteiger partial charge in [-0.25, -0.2) is 13.5 Å². The molecule has 5 nitrogen and oxygen atoms in total. The monoisotopic (exact) mass is 319 g/mol. The molecule has 1 aromatic carbocycles. The highest BCUT2D eigenvalue weighted by atomic mass is 32.2. The largest absolute Gasteiger partial charge is 0.368 e.